The van der Waals surface area contributed by atoms with E-state index in [4.69, 9.17) is 0 Å². The van der Waals surface area contributed by atoms with Crippen molar-refractivity contribution in [2.75, 3.05) is 19.3 Å². The van der Waals surface area contributed by atoms with Crippen molar-refractivity contribution < 1.29 is 9.59 Å². The molecule has 0 aliphatic carbocycles. The normalized spacial score (nSPS) is 26.7. The Labute approximate surface area is 129 Å². The molecule has 118 valence electrons. The standard InChI is InChI=1S/C14H24N4O2S/c1-9(7-12(19)15-2)16-6-4-3-5-11-13-10(8-21-11)17-14(20)18-13/h10-11,13,16H,1,3-8H2,2H3,(H,15,19)(H2,17,18,20). The van der Waals surface area contributed by atoms with Crippen LogP contribution >= 0.6 is 11.8 Å². The SMILES string of the molecule is C=C(CC(=O)NC)NCCCCC1SCC2NC(=O)NC21. The number of rotatable bonds is 8. The topological polar surface area (TPSA) is 82.3 Å². The highest BCUT2D eigenvalue weighted by molar-refractivity contribution is 8.00. The zero-order valence-electron chi connectivity index (χ0n) is 12.4. The summed E-state index contributed by atoms with van der Waals surface area (Å²) in [6.45, 7) is 4.68. The van der Waals surface area contributed by atoms with Gasteiger partial charge in [0, 0.05) is 30.3 Å². The van der Waals surface area contributed by atoms with Crippen LogP contribution in [0.25, 0.3) is 0 Å². The summed E-state index contributed by atoms with van der Waals surface area (Å²) in [4.78, 5) is 22.4. The monoisotopic (exact) mass is 312 g/mol. The van der Waals surface area contributed by atoms with Crippen LogP contribution in [0.1, 0.15) is 25.7 Å². The van der Waals surface area contributed by atoms with Gasteiger partial charge < -0.3 is 21.3 Å². The summed E-state index contributed by atoms with van der Waals surface area (Å²) in [5.74, 6) is 0.986. The van der Waals surface area contributed by atoms with Gasteiger partial charge in [-0.15, -0.1) is 0 Å². The van der Waals surface area contributed by atoms with Gasteiger partial charge in [0.1, 0.15) is 0 Å². The fourth-order valence-electron chi connectivity index (χ4n) is 2.72. The molecule has 0 radical (unpaired) electrons. The maximum Gasteiger partial charge on any atom is 0.315 e. The summed E-state index contributed by atoms with van der Waals surface area (Å²) in [6, 6.07) is 0.569. The van der Waals surface area contributed by atoms with Crippen molar-refractivity contribution in [3.05, 3.63) is 12.3 Å². The molecular weight excluding hydrogens is 288 g/mol. The third-order valence-corrected chi connectivity index (χ3v) is 5.39. The Morgan fingerprint density at radius 1 is 1.43 bits per heavy atom. The van der Waals surface area contributed by atoms with Gasteiger partial charge in [-0.05, 0) is 12.8 Å². The summed E-state index contributed by atoms with van der Waals surface area (Å²) in [5, 5.41) is 12.2. The Kier molecular flexibility index (Phi) is 5.78. The van der Waals surface area contributed by atoms with Crippen LogP contribution in [-0.2, 0) is 4.79 Å². The summed E-state index contributed by atoms with van der Waals surface area (Å²) in [7, 11) is 1.62. The Balaban J connectivity index is 1.55. The predicted molar refractivity (Wildman–Crippen MR) is 85.2 cm³/mol. The van der Waals surface area contributed by atoms with Crippen molar-refractivity contribution in [1.29, 1.82) is 0 Å². The molecule has 2 aliphatic heterocycles. The Bertz CT molecular complexity index is 416. The molecule has 0 aromatic heterocycles. The molecular formula is C14H24N4O2S. The Morgan fingerprint density at radius 2 is 2.24 bits per heavy atom. The van der Waals surface area contributed by atoms with Gasteiger partial charge in [-0.1, -0.05) is 13.0 Å². The number of thioether (sulfide) groups is 1. The van der Waals surface area contributed by atoms with Crippen LogP contribution in [0, 0.1) is 0 Å². The largest absolute Gasteiger partial charge is 0.388 e. The van der Waals surface area contributed by atoms with Crippen molar-refractivity contribution in [3.8, 4) is 0 Å². The van der Waals surface area contributed by atoms with Crippen LogP contribution < -0.4 is 21.3 Å². The van der Waals surface area contributed by atoms with E-state index in [0.717, 1.165) is 37.3 Å². The van der Waals surface area contributed by atoms with Gasteiger partial charge in [-0.3, -0.25) is 4.79 Å². The molecule has 0 spiro atoms. The Morgan fingerprint density at radius 3 is 3.00 bits per heavy atom. The first kappa shape index (κ1) is 16.0. The molecule has 0 saturated carbocycles. The lowest BCUT2D eigenvalue weighted by Gasteiger charge is -2.16. The quantitative estimate of drug-likeness (QED) is 0.390. The van der Waals surface area contributed by atoms with Crippen molar-refractivity contribution in [3.63, 3.8) is 0 Å². The summed E-state index contributed by atoms with van der Waals surface area (Å²) >= 11 is 1.94. The van der Waals surface area contributed by atoms with Crippen LogP contribution in [0.3, 0.4) is 0 Å². The molecule has 7 heteroatoms. The lowest BCUT2D eigenvalue weighted by molar-refractivity contribution is -0.120. The highest BCUT2D eigenvalue weighted by Gasteiger charge is 2.42. The van der Waals surface area contributed by atoms with Gasteiger partial charge in [0.15, 0.2) is 0 Å². The minimum Gasteiger partial charge on any atom is -0.388 e. The molecule has 2 rings (SSSR count). The van der Waals surface area contributed by atoms with E-state index in [0.29, 0.717) is 23.8 Å². The number of hydrogen-bond donors (Lipinski definition) is 4. The number of carbonyl (C=O) groups is 2. The molecule has 2 heterocycles. The number of unbranched alkanes of at least 4 members (excludes halogenated alkanes) is 1. The molecule has 2 saturated heterocycles. The summed E-state index contributed by atoms with van der Waals surface area (Å²) in [6.07, 6.45) is 3.59. The molecule has 0 bridgehead atoms. The molecule has 6 nitrogen and oxygen atoms in total. The number of urea groups is 1. The highest BCUT2D eigenvalue weighted by Crippen LogP contribution is 2.32. The van der Waals surface area contributed by atoms with E-state index in [-0.39, 0.29) is 11.9 Å². The van der Waals surface area contributed by atoms with E-state index >= 15 is 0 Å². The summed E-state index contributed by atoms with van der Waals surface area (Å²) in [5.41, 5.74) is 0.761. The smallest absolute Gasteiger partial charge is 0.315 e. The number of hydrogen-bond acceptors (Lipinski definition) is 4. The fourth-order valence-corrected chi connectivity index (χ4v) is 4.27. The number of amides is 3. The van der Waals surface area contributed by atoms with Crippen molar-refractivity contribution in [1.82, 2.24) is 21.3 Å². The summed E-state index contributed by atoms with van der Waals surface area (Å²) < 4.78 is 0. The number of fused-ring (bicyclic) bond motifs is 1. The van der Waals surface area contributed by atoms with Gasteiger partial charge in [0.25, 0.3) is 0 Å². The molecule has 3 unspecified atom stereocenters. The zero-order valence-corrected chi connectivity index (χ0v) is 13.2. The molecule has 2 fully saturated rings. The average molecular weight is 312 g/mol. The van der Waals surface area contributed by atoms with Crippen LogP contribution in [0.4, 0.5) is 4.79 Å². The van der Waals surface area contributed by atoms with Crippen LogP contribution in [-0.4, -0.2) is 48.6 Å². The van der Waals surface area contributed by atoms with Gasteiger partial charge in [0.05, 0.1) is 18.5 Å². The molecule has 21 heavy (non-hydrogen) atoms. The van der Waals surface area contributed by atoms with Crippen LogP contribution in [0.2, 0.25) is 0 Å². The predicted octanol–water partition coefficient (Wildman–Crippen LogP) is 0.562. The molecule has 2 aliphatic rings. The molecule has 3 atom stereocenters. The number of nitrogens with one attached hydrogen (secondary N) is 4. The second-order valence-corrected chi connectivity index (χ2v) is 6.77. The first-order valence-electron chi connectivity index (χ1n) is 7.41. The van der Waals surface area contributed by atoms with Crippen molar-refractivity contribution in [2.24, 2.45) is 0 Å². The lowest BCUT2D eigenvalue weighted by Crippen LogP contribution is -2.36. The third kappa shape index (κ3) is 4.56. The van der Waals surface area contributed by atoms with E-state index in [1.54, 1.807) is 7.05 Å². The minimum atomic E-state index is -0.0255. The minimum absolute atomic E-state index is 0.0228. The second kappa shape index (κ2) is 7.59. The number of carbonyl (C=O) groups excluding carboxylic acids is 2. The van der Waals surface area contributed by atoms with Crippen molar-refractivity contribution >= 4 is 23.7 Å². The molecule has 3 amide bonds. The van der Waals surface area contributed by atoms with E-state index in [1.807, 2.05) is 11.8 Å². The van der Waals surface area contributed by atoms with E-state index < -0.39 is 0 Å². The molecule has 0 aromatic rings. The van der Waals surface area contributed by atoms with E-state index in [9.17, 15) is 9.59 Å². The van der Waals surface area contributed by atoms with E-state index in [1.165, 1.54) is 0 Å². The highest BCUT2D eigenvalue weighted by atomic mass is 32.2. The van der Waals surface area contributed by atoms with Gasteiger partial charge in [0.2, 0.25) is 5.91 Å². The first-order chi connectivity index (χ1) is 10.1. The second-order valence-electron chi connectivity index (χ2n) is 5.50. The Hall–Kier alpha value is -1.37. The molecule has 4 N–H and O–H groups in total. The van der Waals surface area contributed by atoms with Gasteiger partial charge >= 0.3 is 6.03 Å². The first-order valence-corrected chi connectivity index (χ1v) is 8.46. The zero-order chi connectivity index (χ0) is 15.2. The maximum atomic E-state index is 11.3. The fraction of sp³-hybridized carbons (Fsp3) is 0.714. The van der Waals surface area contributed by atoms with Crippen molar-refractivity contribution in [2.45, 2.75) is 43.0 Å². The van der Waals surface area contributed by atoms with Gasteiger partial charge in [-0.25, -0.2) is 4.79 Å². The van der Waals surface area contributed by atoms with Crippen LogP contribution in [0.5, 0.6) is 0 Å². The lowest BCUT2D eigenvalue weighted by atomic mass is 10.0. The average Bonchev–Trinajstić information content (AvgIpc) is 2.98. The van der Waals surface area contributed by atoms with Gasteiger partial charge in [-0.2, -0.15) is 11.8 Å². The molecule has 0 aromatic carbocycles. The van der Waals surface area contributed by atoms with Crippen LogP contribution in [0.15, 0.2) is 12.3 Å². The van der Waals surface area contributed by atoms with E-state index in [2.05, 4.69) is 27.8 Å². The third-order valence-electron chi connectivity index (χ3n) is 3.88. The maximum absolute atomic E-state index is 11.3.